The van der Waals surface area contributed by atoms with Gasteiger partial charge < -0.3 is 9.88 Å². The van der Waals surface area contributed by atoms with Crippen LogP contribution in [0.15, 0.2) is 41.5 Å². The first kappa shape index (κ1) is 17.7. The molecule has 4 aromatic rings. The van der Waals surface area contributed by atoms with Gasteiger partial charge in [0.1, 0.15) is 0 Å². The summed E-state index contributed by atoms with van der Waals surface area (Å²) in [6.45, 7) is 5.96. The number of pyridine rings is 1. The Morgan fingerprint density at radius 2 is 2.00 bits per heavy atom. The molecule has 2 N–H and O–H groups in total. The zero-order valence-electron chi connectivity index (χ0n) is 14.9. The van der Waals surface area contributed by atoms with E-state index in [9.17, 15) is 4.79 Å². The fourth-order valence-electron chi connectivity index (χ4n) is 2.72. The quantitative estimate of drug-likeness (QED) is 0.532. The van der Waals surface area contributed by atoms with Crippen LogP contribution in [0.5, 0.6) is 0 Å². The van der Waals surface area contributed by atoms with Crippen molar-refractivity contribution in [1.82, 2.24) is 25.0 Å². The Bertz CT molecular complexity index is 1190. The summed E-state index contributed by atoms with van der Waals surface area (Å²) in [5.41, 5.74) is 2.08. The number of hydrogen-bond acceptors (Lipinski definition) is 6. The molecule has 0 spiro atoms. The molecule has 1 aromatic carbocycles. The van der Waals surface area contributed by atoms with Crippen LogP contribution in [-0.4, -0.2) is 25.0 Å². The predicted molar refractivity (Wildman–Crippen MR) is 109 cm³/mol. The van der Waals surface area contributed by atoms with E-state index in [1.807, 2.05) is 39.1 Å². The molecule has 0 amide bonds. The minimum atomic E-state index is -0.313. The number of rotatable bonds is 3. The van der Waals surface area contributed by atoms with Crippen LogP contribution in [0, 0.1) is 0 Å². The predicted octanol–water partition coefficient (Wildman–Crippen LogP) is 4.40. The molecule has 0 atom stereocenters. The molecule has 0 bridgehead atoms. The van der Waals surface area contributed by atoms with E-state index in [-0.39, 0.29) is 11.1 Å². The lowest BCUT2D eigenvalue weighted by atomic mass is 10.1. The number of nitrogens with zero attached hydrogens (tertiary/aromatic N) is 4. The second kappa shape index (κ2) is 6.47. The van der Waals surface area contributed by atoms with Crippen molar-refractivity contribution in [2.75, 3.05) is 5.32 Å². The van der Waals surface area contributed by atoms with Gasteiger partial charge in [0.25, 0.3) is 5.56 Å². The fourth-order valence-corrected chi connectivity index (χ4v) is 3.73. The van der Waals surface area contributed by atoms with Crippen LogP contribution in [0.2, 0.25) is 5.02 Å². The number of H-pyrrole nitrogens is 1. The SMILES string of the molecule is CC(C)(C)n1cc(-c2nnc(Nc3ccc4[nH]ncc4c3Cl)s2)ccc1=O. The van der Waals surface area contributed by atoms with Gasteiger partial charge in [-0.2, -0.15) is 5.10 Å². The monoisotopic (exact) mass is 400 g/mol. The van der Waals surface area contributed by atoms with E-state index >= 15 is 0 Å². The first-order valence-electron chi connectivity index (χ1n) is 8.28. The van der Waals surface area contributed by atoms with Gasteiger partial charge in [0.05, 0.1) is 22.4 Å². The van der Waals surface area contributed by atoms with E-state index in [1.165, 1.54) is 11.3 Å². The van der Waals surface area contributed by atoms with Crippen molar-refractivity contribution in [3.8, 4) is 10.6 Å². The van der Waals surface area contributed by atoms with Crippen molar-refractivity contribution in [1.29, 1.82) is 0 Å². The normalized spacial score (nSPS) is 11.9. The van der Waals surface area contributed by atoms with E-state index in [0.29, 0.717) is 10.2 Å². The molecule has 0 aliphatic carbocycles. The standard InChI is InChI=1S/C18H17ClN6OS/c1-18(2,3)25-9-10(4-7-14(25)26)16-23-24-17(27-16)21-13-6-5-12-11(15(13)19)8-20-22-12/h4-9H,1-3H3,(H,20,22)(H,21,24). The number of aromatic amines is 1. The maximum atomic E-state index is 12.1. The van der Waals surface area contributed by atoms with Crippen molar-refractivity contribution in [2.24, 2.45) is 0 Å². The van der Waals surface area contributed by atoms with Gasteiger partial charge in [-0.3, -0.25) is 9.89 Å². The highest BCUT2D eigenvalue weighted by Crippen LogP contribution is 2.34. The summed E-state index contributed by atoms with van der Waals surface area (Å²) in [5, 5.41) is 21.3. The van der Waals surface area contributed by atoms with Crippen LogP contribution in [0.3, 0.4) is 0 Å². The molecule has 138 valence electrons. The van der Waals surface area contributed by atoms with E-state index in [2.05, 4.69) is 25.7 Å². The molecule has 27 heavy (non-hydrogen) atoms. The molecule has 0 aliphatic heterocycles. The Balaban J connectivity index is 1.66. The summed E-state index contributed by atoms with van der Waals surface area (Å²) in [5.74, 6) is 0. The Morgan fingerprint density at radius 1 is 1.19 bits per heavy atom. The van der Waals surface area contributed by atoms with Crippen molar-refractivity contribution >= 4 is 44.7 Å². The lowest BCUT2D eigenvalue weighted by molar-refractivity contribution is 0.384. The topological polar surface area (TPSA) is 88.5 Å². The molecule has 0 radical (unpaired) electrons. The molecule has 0 aliphatic rings. The highest BCUT2D eigenvalue weighted by molar-refractivity contribution is 7.18. The average molecular weight is 401 g/mol. The van der Waals surface area contributed by atoms with Gasteiger partial charge in [-0.15, -0.1) is 10.2 Å². The third-order valence-corrected chi connectivity index (χ3v) is 5.40. The first-order chi connectivity index (χ1) is 12.8. The van der Waals surface area contributed by atoms with Gasteiger partial charge >= 0.3 is 0 Å². The van der Waals surface area contributed by atoms with Crippen molar-refractivity contribution in [3.63, 3.8) is 0 Å². The Morgan fingerprint density at radius 3 is 2.78 bits per heavy atom. The van der Waals surface area contributed by atoms with Crippen LogP contribution in [-0.2, 0) is 5.54 Å². The number of fused-ring (bicyclic) bond motifs is 1. The fraction of sp³-hybridized carbons (Fsp3) is 0.222. The lowest BCUT2D eigenvalue weighted by Gasteiger charge is -2.22. The molecular weight excluding hydrogens is 384 g/mol. The number of benzene rings is 1. The molecular formula is C18H17ClN6OS. The Labute approximate surface area is 164 Å². The van der Waals surface area contributed by atoms with Gasteiger partial charge in [0.2, 0.25) is 5.13 Å². The van der Waals surface area contributed by atoms with Gasteiger partial charge in [-0.1, -0.05) is 22.9 Å². The largest absolute Gasteiger partial charge is 0.329 e. The molecule has 3 heterocycles. The smallest absolute Gasteiger partial charge is 0.251 e. The van der Waals surface area contributed by atoms with Crippen LogP contribution < -0.4 is 10.9 Å². The zero-order valence-corrected chi connectivity index (χ0v) is 16.5. The molecule has 7 nitrogen and oxygen atoms in total. The van der Waals surface area contributed by atoms with Crippen LogP contribution in [0.1, 0.15) is 20.8 Å². The average Bonchev–Trinajstić information content (AvgIpc) is 3.26. The number of anilines is 2. The molecule has 0 unspecified atom stereocenters. The highest BCUT2D eigenvalue weighted by Gasteiger charge is 2.17. The van der Waals surface area contributed by atoms with Gasteiger partial charge in [0, 0.05) is 28.8 Å². The number of aromatic nitrogens is 5. The van der Waals surface area contributed by atoms with Crippen LogP contribution in [0.25, 0.3) is 21.5 Å². The zero-order chi connectivity index (χ0) is 19.2. The van der Waals surface area contributed by atoms with E-state index < -0.39 is 0 Å². The molecule has 0 fully saturated rings. The summed E-state index contributed by atoms with van der Waals surface area (Å²) in [7, 11) is 0. The second-order valence-electron chi connectivity index (χ2n) is 7.09. The lowest BCUT2D eigenvalue weighted by Crippen LogP contribution is -2.32. The number of nitrogens with one attached hydrogen (secondary N) is 2. The second-order valence-corrected chi connectivity index (χ2v) is 8.45. The minimum Gasteiger partial charge on any atom is -0.329 e. The van der Waals surface area contributed by atoms with Gasteiger partial charge in [0.15, 0.2) is 5.01 Å². The van der Waals surface area contributed by atoms with E-state index in [0.717, 1.165) is 27.2 Å². The molecule has 4 rings (SSSR count). The maximum Gasteiger partial charge on any atom is 0.251 e. The van der Waals surface area contributed by atoms with E-state index in [1.54, 1.807) is 22.9 Å². The third-order valence-electron chi connectivity index (χ3n) is 4.11. The number of halogens is 1. The Hall–Kier alpha value is -2.71. The molecule has 3 aromatic heterocycles. The van der Waals surface area contributed by atoms with Crippen molar-refractivity contribution < 1.29 is 0 Å². The molecule has 9 heteroatoms. The molecule has 0 saturated heterocycles. The van der Waals surface area contributed by atoms with Crippen molar-refractivity contribution in [3.05, 3.63) is 52.0 Å². The summed E-state index contributed by atoms with van der Waals surface area (Å²) < 4.78 is 1.69. The summed E-state index contributed by atoms with van der Waals surface area (Å²) >= 11 is 7.83. The van der Waals surface area contributed by atoms with Crippen LogP contribution in [0.4, 0.5) is 10.8 Å². The van der Waals surface area contributed by atoms with Gasteiger partial charge in [-0.05, 0) is 39.0 Å². The first-order valence-corrected chi connectivity index (χ1v) is 9.48. The summed E-state index contributed by atoms with van der Waals surface area (Å²) in [6.07, 6.45) is 3.50. The maximum absolute atomic E-state index is 12.1. The Kier molecular flexibility index (Phi) is 4.24. The number of hydrogen-bond donors (Lipinski definition) is 2. The third kappa shape index (κ3) is 3.33. The molecule has 0 saturated carbocycles. The highest BCUT2D eigenvalue weighted by atomic mass is 35.5. The summed E-state index contributed by atoms with van der Waals surface area (Å²) in [6, 6.07) is 7.08. The van der Waals surface area contributed by atoms with E-state index in [4.69, 9.17) is 11.6 Å². The minimum absolute atomic E-state index is 0.0469. The van der Waals surface area contributed by atoms with Gasteiger partial charge in [-0.25, -0.2) is 0 Å². The summed E-state index contributed by atoms with van der Waals surface area (Å²) in [4.78, 5) is 12.1. The van der Waals surface area contributed by atoms with Crippen molar-refractivity contribution in [2.45, 2.75) is 26.3 Å². The van der Waals surface area contributed by atoms with Crippen LogP contribution >= 0.6 is 22.9 Å².